The Kier molecular flexibility index (Phi) is 5.50. The molecule has 0 aromatic carbocycles. The third-order valence-electron chi connectivity index (χ3n) is 9.88. The molecular formula is C24H39NO4. The number of rotatable bonds is 4. The van der Waals surface area contributed by atoms with E-state index in [0.29, 0.717) is 48.3 Å². The third-order valence-corrected chi connectivity index (χ3v) is 9.88. The minimum atomic E-state index is -0.729. The van der Waals surface area contributed by atoms with E-state index in [0.717, 1.165) is 32.1 Å². The number of carbonyl (C=O) groups is 2. The Balaban J connectivity index is 1.60. The average Bonchev–Trinajstić information content (AvgIpc) is 2.92. The molecule has 4 aliphatic rings. The second-order valence-corrected chi connectivity index (χ2v) is 11.2. The number of carbonyl (C=O) groups excluding carboxylic acids is 1. The minimum absolute atomic E-state index is 0.164. The van der Waals surface area contributed by atoms with E-state index in [2.05, 4.69) is 26.1 Å². The number of amides is 1. The average molecular weight is 406 g/mol. The van der Waals surface area contributed by atoms with Gasteiger partial charge in [-0.3, -0.25) is 9.59 Å². The van der Waals surface area contributed by atoms with Gasteiger partial charge in [-0.1, -0.05) is 13.8 Å². The van der Waals surface area contributed by atoms with Gasteiger partial charge in [-0.05, 0) is 99.2 Å². The van der Waals surface area contributed by atoms with Gasteiger partial charge in [0.2, 0.25) is 5.91 Å². The quantitative estimate of drug-likeness (QED) is 0.660. The van der Waals surface area contributed by atoms with Crippen molar-refractivity contribution in [2.75, 3.05) is 0 Å². The standard InChI is InChI=1S/C24H39NO4/c1-14(4-9-22(28)29)18-7-8-19-17-6-5-15-12-16(26)10-11-23(15,2)20(17)13-21(27)25-24(18,19)3/h14-20,26H,4-13H2,1-3H3,(H,25,27)(H,28,29)/t14-,15-,16+,17+,18-,19+,20+,23+,24-/m1/s1. The highest BCUT2D eigenvalue weighted by Crippen LogP contribution is 2.62. The smallest absolute Gasteiger partial charge is 0.303 e. The Morgan fingerprint density at radius 3 is 2.66 bits per heavy atom. The fraction of sp³-hybridized carbons (Fsp3) is 0.917. The topological polar surface area (TPSA) is 86.6 Å². The van der Waals surface area contributed by atoms with Crippen molar-refractivity contribution < 1.29 is 19.8 Å². The summed E-state index contributed by atoms with van der Waals surface area (Å²) in [6.45, 7) is 6.83. The fourth-order valence-electron chi connectivity index (χ4n) is 8.34. The first-order valence-corrected chi connectivity index (χ1v) is 11.9. The molecule has 29 heavy (non-hydrogen) atoms. The molecule has 0 aromatic rings. The van der Waals surface area contributed by atoms with Crippen molar-refractivity contribution in [3.05, 3.63) is 0 Å². The van der Waals surface area contributed by atoms with Crippen molar-refractivity contribution in [2.24, 2.45) is 40.9 Å². The second kappa shape index (κ2) is 7.55. The van der Waals surface area contributed by atoms with Crippen molar-refractivity contribution in [1.29, 1.82) is 0 Å². The van der Waals surface area contributed by atoms with E-state index < -0.39 is 5.97 Å². The summed E-state index contributed by atoms with van der Waals surface area (Å²) in [5.41, 5.74) is -0.0520. The van der Waals surface area contributed by atoms with E-state index in [-0.39, 0.29) is 29.4 Å². The van der Waals surface area contributed by atoms with Gasteiger partial charge >= 0.3 is 5.97 Å². The van der Waals surface area contributed by atoms with Crippen molar-refractivity contribution in [2.45, 2.75) is 96.6 Å². The van der Waals surface area contributed by atoms with Crippen LogP contribution in [-0.4, -0.2) is 33.7 Å². The highest BCUT2D eigenvalue weighted by molar-refractivity contribution is 5.78. The molecule has 4 rings (SSSR count). The Bertz CT molecular complexity index is 665. The van der Waals surface area contributed by atoms with Crippen LogP contribution in [0.3, 0.4) is 0 Å². The lowest BCUT2D eigenvalue weighted by Crippen LogP contribution is -2.55. The van der Waals surface area contributed by atoms with Crippen molar-refractivity contribution in [1.82, 2.24) is 5.32 Å². The van der Waals surface area contributed by atoms with E-state index in [9.17, 15) is 14.7 Å². The van der Waals surface area contributed by atoms with Gasteiger partial charge < -0.3 is 15.5 Å². The Morgan fingerprint density at radius 2 is 1.93 bits per heavy atom. The van der Waals surface area contributed by atoms with E-state index in [1.807, 2.05) is 0 Å². The van der Waals surface area contributed by atoms with Crippen molar-refractivity contribution in [3.63, 3.8) is 0 Å². The summed E-state index contributed by atoms with van der Waals surface area (Å²) in [7, 11) is 0. The number of aliphatic hydroxyl groups excluding tert-OH is 1. The molecule has 164 valence electrons. The van der Waals surface area contributed by atoms with Gasteiger partial charge in [0.25, 0.3) is 0 Å². The lowest BCUT2D eigenvalue weighted by molar-refractivity contribution is -0.137. The molecule has 0 unspecified atom stereocenters. The molecule has 0 radical (unpaired) electrons. The highest BCUT2D eigenvalue weighted by Gasteiger charge is 2.60. The Morgan fingerprint density at radius 1 is 1.17 bits per heavy atom. The number of aliphatic hydroxyl groups is 1. The van der Waals surface area contributed by atoms with Crippen LogP contribution in [0, 0.1) is 40.9 Å². The maximum Gasteiger partial charge on any atom is 0.303 e. The second-order valence-electron chi connectivity index (χ2n) is 11.2. The maximum atomic E-state index is 13.1. The van der Waals surface area contributed by atoms with Crippen LogP contribution in [0.5, 0.6) is 0 Å². The third kappa shape index (κ3) is 3.51. The zero-order valence-electron chi connectivity index (χ0n) is 18.3. The summed E-state index contributed by atoms with van der Waals surface area (Å²) in [6.07, 6.45) is 8.73. The Labute approximate surface area is 175 Å². The van der Waals surface area contributed by atoms with Gasteiger partial charge in [0, 0.05) is 18.4 Å². The number of nitrogens with one attached hydrogen (secondary N) is 1. The molecule has 1 aliphatic heterocycles. The first-order chi connectivity index (χ1) is 13.6. The van der Waals surface area contributed by atoms with Crippen LogP contribution in [0.25, 0.3) is 0 Å². The van der Waals surface area contributed by atoms with Crippen molar-refractivity contribution >= 4 is 11.9 Å². The lowest BCUT2D eigenvalue weighted by Gasteiger charge is -2.56. The number of carboxylic acids is 1. The molecule has 1 amide bonds. The molecule has 1 saturated heterocycles. The highest BCUT2D eigenvalue weighted by atomic mass is 16.4. The summed E-state index contributed by atoms with van der Waals surface area (Å²) in [5, 5.41) is 22.8. The molecular weight excluding hydrogens is 366 g/mol. The number of fused-ring (bicyclic) bond motifs is 5. The summed E-state index contributed by atoms with van der Waals surface area (Å²) < 4.78 is 0. The van der Waals surface area contributed by atoms with Crippen LogP contribution in [-0.2, 0) is 9.59 Å². The molecule has 3 N–H and O–H groups in total. The molecule has 0 spiro atoms. The molecule has 3 saturated carbocycles. The number of carboxylic acid groups (broad SMARTS) is 1. The Hall–Kier alpha value is -1.10. The van der Waals surface area contributed by atoms with Gasteiger partial charge in [0.1, 0.15) is 0 Å². The number of hydrogen-bond acceptors (Lipinski definition) is 3. The van der Waals surface area contributed by atoms with E-state index in [1.165, 1.54) is 12.8 Å². The van der Waals surface area contributed by atoms with E-state index in [4.69, 9.17) is 5.11 Å². The first kappa shape index (κ1) is 21.1. The zero-order chi connectivity index (χ0) is 21.0. The number of aliphatic carboxylic acids is 1. The fourth-order valence-corrected chi connectivity index (χ4v) is 8.34. The van der Waals surface area contributed by atoms with Gasteiger partial charge in [-0.2, -0.15) is 0 Å². The van der Waals surface area contributed by atoms with Crippen LogP contribution < -0.4 is 5.32 Å². The molecule has 0 bridgehead atoms. The van der Waals surface area contributed by atoms with Gasteiger partial charge in [-0.15, -0.1) is 0 Å². The predicted octanol–water partition coefficient (Wildman–Crippen LogP) is 3.99. The SMILES string of the molecule is C[C@H](CCC(=O)O)[C@H]1CC[C@H]2[C@@H]3CC[C@@H]4C[C@@H](O)CC[C@]4(C)[C@H]3CC(=O)N[C@]12C. The normalized spacial score (nSPS) is 47.9. The van der Waals surface area contributed by atoms with E-state index >= 15 is 0 Å². The predicted molar refractivity (Wildman–Crippen MR) is 111 cm³/mol. The zero-order valence-corrected chi connectivity index (χ0v) is 18.3. The molecule has 9 atom stereocenters. The molecule has 1 heterocycles. The molecule has 4 fully saturated rings. The van der Waals surface area contributed by atoms with Gasteiger partial charge in [0.05, 0.1) is 6.10 Å². The van der Waals surface area contributed by atoms with Crippen molar-refractivity contribution in [3.8, 4) is 0 Å². The molecule has 3 aliphatic carbocycles. The molecule has 5 nitrogen and oxygen atoms in total. The van der Waals surface area contributed by atoms with Crippen LogP contribution >= 0.6 is 0 Å². The van der Waals surface area contributed by atoms with Crippen LogP contribution in [0.2, 0.25) is 0 Å². The first-order valence-electron chi connectivity index (χ1n) is 11.9. The maximum absolute atomic E-state index is 13.1. The number of hydrogen-bond donors (Lipinski definition) is 3. The summed E-state index contributed by atoms with van der Waals surface area (Å²) in [4.78, 5) is 24.2. The summed E-state index contributed by atoms with van der Waals surface area (Å²) >= 11 is 0. The van der Waals surface area contributed by atoms with Crippen LogP contribution in [0.4, 0.5) is 0 Å². The van der Waals surface area contributed by atoms with E-state index in [1.54, 1.807) is 0 Å². The summed E-state index contributed by atoms with van der Waals surface area (Å²) in [6, 6.07) is 0. The lowest BCUT2D eigenvalue weighted by atomic mass is 9.49. The monoisotopic (exact) mass is 405 g/mol. The summed E-state index contributed by atoms with van der Waals surface area (Å²) in [5.74, 6) is 2.11. The van der Waals surface area contributed by atoms with Crippen LogP contribution in [0.15, 0.2) is 0 Å². The molecule has 5 heteroatoms. The van der Waals surface area contributed by atoms with Gasteiger partial charge in [-0.25, -0.2) is 0 Å². The van der Waals surface area contributed by atoms with Gasteiger partial charge in [0.15, 0.2) is 0 Å². The largest absolute Gasteiger partial charge is 0.481 e. The van der Waals surface area contributed by atoms with Crippen LogP contribution in [0.1, 0.15) is 85.0 Å². The molecule has 0 aromatic heterocycles. The minimum Gasteiger partial charge on any atom is -0.481 e.